The highest BCUT2D eigenvalue weighted by Crippen LogP contribution is 2.64. The van der Waals surface area contributed by atoms with Crippen LogP contribution in [0.25, 0.3) is 0 Å². The van der Waals surface area contributed by atoms with E-state index in [2.05, 4.69) is 26.0 Å². The van der Waals surface area contributed by atoms with Crippen LogP contribution >= 0.6 is 0 Å². The summed E-state index contributed by atoms with van der Waals surface area (Å²) >= 11 is 0. The first-order valence-corrected chi connectivity index (χ1v) is 10.3. The smallest absolute Gasteiger partial charge is 0.302 e. The number of ketones is 1. The molecule has 26 heavy (non-hydrogen) atoms. The molecule has 0 bridgehead atoms. The fraction of sp³-hybridized carbons (Fsp3) is 0.739. The maximum Gasteiger partial charge on any atom is 0.302 e. The minimum Gasteiger partial charge on any atom is -0.462 e. The molecular formula is C23H32O3. The number of rotatable bonds is 2. The molecule has 0 heterocycles. The molecule has 4 rings (SSSR count). The number of hydrogen-bond acceptors (Lipinski definition) is 3. The van der Waals surface area contributed by atoms with E-state index in [9.17, 15) is 9.59 Å². The van der Waals surface area contributed by atoms with E-state index in [1.54, 1.807) is 12.5 Å². The number of esters is 1. The van der Waals surface area contributed by atoms with Crippen molar-refractivity contribution in [3.05, 3.63) is 23.3 Å². The molecule has 4 aliphatic rings. The van der Waals surface area contributed by atoms with Crippen LogP contribution in [0.15, 0.2) is 23.3 Å². The van der Waals surface area contributed by atoms with Crippen molar-refractivity contribution in [3.63, 3.8) is 0 Å². The van der Waals surface area contributed by atoms with Gasteiger partial charge in [0.25, 0.3) is 0 Å². The molecule has 6 atom stereocenters. The molecule has 3 heteroatoms. The van der Waals surface area contributed by atoms with Crippen molar-refractivity contribution in [1.82, 2.24) is 0 Å². The van der Waals surface area contributed by atoms with Crippen molar-refractivity contribution in [2.75, 3.05) is 0 Å². The average Bonchev–Trinajstić information content (AvgIpc) is 2.92. The zero-order valence-corrected chi connectivity index (χ0v) is 16.6. The minimum absolute atomic E-state index is 0.0602. The molecule has 0 aliphatic heterocycles. The van der Waals surface area contributed by atoms with Gasteiger partial charge >= 0.3 is 5.97 Å². The van der Waals surface area contributed by atoms with Gasteiger partial charge in [-0.05, 0) is 68.1 Å². The lowest BCUT2D eigenvalue weighted by atomic mass is 9.48. The summed E-state index contributed by atoms with van der Waals surface area (Å²) in [6.07, 6.45) is 12.3. The first kappa shape index (κ1) is 18.0. The van der Waals surface area contributed by atoms with Crippen LogP contribution < -0.4 is 0 Å². The second-order valence-electron chi connectivity index (χ2n) is 9.58. The van der Waals surface area contributed by atoms with Gasteiger partial charge in [0.2, 0.25) is 0 Å². The highest BCUT2D eigenvalue weighted by molar-refractivity contribution is 5.80. The molecule has 0 aromatic carbocycles. The van der Waals surface area contributed by atoms with E-state index < -0.39 is 0 Å². The van der Waals surface area contributed by atoms with Crippen LogP contribution in [-0.4, -0.2) is 17.9 Å². The Hall–Kier alpha value is -1.38. The maximum atomic E-state index is 12.2. The fourth-order valence-corrected chi connectivity index (χ4v) is 6.92. The molecule has 2 fully saturated rings. The summed E-state index contributed by atoms with van der Waals surface area (Å²) in [6.45, 7) is 8.07. The van der Waals surface area contributed by atoms with Crippen LogP contribution in [-0.2, 0) is 14.3 Å². The van der Waals surface area contributed by atoms with Crippen LogP contribution in [0.5, 0.6) is 0 Å². The summed E-state index contributed by atoms with van der Waals surface area (Å²) in [5, 5.41) is 0. The van der Waals surface area contributed by atoms with Gasteiger partial charge in [0.05, 0.1) is 0 Å². The molecule has 2 saturated carbocycles. The molecule has 0 spiro atoms. The van der Waals surface area contributed by atoms with Gasteiger partial charge in [-0.15, -0.1) is 0 Å². The lowest BCUT2D eigenvalue weighted by molar-refractivity contribution is -0.148. The van der Waals surface area contributed by atoms with Crippen molar-refractivity contribution in [2.24, 2.45) is 28.6 Å². The Morgan fingerprint density at radius 2 is 1.77 bits per heavy atom. The Kier molecular flexibility index (Phi) is 4.20. The molecule has 0 aromatic heterocycles. The number of ether oxygens (including phenoxy) is 1. The first-order chi connectivity index (χ1) is 12.3. The van der Waals surface area contributed by atoms with Gasteiger partial charge in [0, 0.05) is 19.3 Å². The van der Waals surface area contributed by atoms with E-state index in [4.69, 9.17) is 4.74 Å². The summed E-state index contributed by atoms with van der Waals surface area (Å²) in [4.78, 5) is 23.5. The van der Waals surface area contributed by atoms with Gasteiger partial charge < -0.3 is 4.74 Å². The Balaban J connectivity index is 1.61. The van der Waals surface area contributed by atoms with Crippen LogP contribution in [0.4, 0.5) is 0 Å². The van der Waals surface area contributed by atoms with Crippen LogP contribution in [0.2, 0.25) is 0 Å². The molecule has 3 nitrogen and oxygen atoms in total. The monoisotopic (exact) mass is 356 g/mol. The molecule has 0 saturated heterocycles. The van der Waals surface area contributed by atoms with Gasteiger partial charge in [-0.25, -0.2) is 0 Å². The van der Waals surface area contributed by atoms with Crippen molar-refractivity contribution in [3.8, 4) is 0 Å². The third kappa shape index (κ3) is 2.53. The summed E-state index contributed by atoms with van der Waals surface area (Å²) in [5.41, 5.74) is 3.41. The predicted molar refractivity (Wildman–Crippen MR) is 101 cm³/mol. The Labute approximate surface area is 157 Å². The second-order valence-corrected chi connectivity index (χ2v) is 9.58. The van der Waals surface area contributed by atoms with E-state index in [1.165, 1.54) is 18.9 Å². The summed E-state index contributed by atoms with van der Waals surface area (Å²) in [7, 11) is 0. The van der Waals surface area contributed by atoms with E-state index in [0.29, 0.717) is 17.6 Å². The first-order valence-electron chi connectivity index (χ1n) is 10.3. The third-order valence-electron chi connectivity index (χ3n) is 8.29. The quantitative estimate of drug-likeness (QED) is 0.516. The largest absolute Gasteiger partial charge is 0.462 e. The SMILES string of the molecule is CC(=O)O[C@H]1CC[C@@]2(C)C(=CC[C@H]3C4=CC[C@H](C(C)=O)[C@@]4(C)CC[C@@H]32)C1. The van der Waals surface area contributed by atoms with Gasteiger partial charge in [-0.1, -0.05) is 37.1 Å². The van der Waals surface area contributed by atoms with Crippen LogP contribution in [0.1, 0.15) is 72.6 Å². The van der Waals surface area contributed by atoms with E-state index in [0.717, 1.165) is 38.5 Å². The molecule has 0 N–H and O–H groups in total. The maximum absolute atomic E-state index is 12.2. The summed E-state index contributed by atoms with van der Waals surface area (Å²) < 4.78 is 5.52. The average molecular weight is 357 g/mol. The molecule has 4 aliphatic carbocycles. The van der Waals surface area contributed by atoms with Crippen molar-refractivity contribution < 1.29 is 14.3 Å². The number of hydrogen-bond donors (Lipinski definition) is 0. The standard InChI is InChI=1S/C23H32O3/c1-14(24)19-7-8-20-18-6-5-16-13-17(26-15(2)25)9-11-22(16,3)21(18)10-12-23(19,20)4/h5,8,17-19,21H,6-7,9-13H2,1-4H3/t17-,18-,19+,21-,22-,23+/m0/s1. The van der Waals surface area contributed by atoms with Crippen molar-refractivity contribution in [2.45, 2.75) is 78.7 Å². The number of carbonyl (C=O) groups is 2. The molecule has 0 aromatic rings. The zero-order chi connectivity index (χ0) is 18.7. The normalized spacial score (nSPS) is 44.2. The van der Waals surface area contributed by atoms with Crippen molar-refractivity contribution in [1.29, 1.82) is 0 Å². The lowest BCUT2D eigenvalue weighted by Gasteiger charge is -2.56. The van der Waals surface area contributed by atoms with Gasteiger partial charge in [-0.2, -0.15) is 0 Å². The number of fused-ring (bicyclic) bond motifs is 5. The minimum atomic E-state index is -0.160. The fourth-order valence-electron chi connectivity index (χ4n) is 6.92. The lowest BCUT2D eigenvalue weighted by Crippen LogP contribution is -2.48. The number of carbonyl (C=O) groups excluding carboxylic acids is 2. The Morgan fingerprint density at radius 1 is 1.04 bits per heavy atom. The van der Waals surface area contributed by atoms with Gasteiger partial charge in [0.1, 0.15) is 11.9 Å². The van der Waals surface area contributed by atoms with Gasteiger partial charge in [-0.3, -0.25) is 9.59 Å². The molecular weight excluding hydrogens is 324 g/mol. The highest BCUT2D eigenvalue weighted by atomic mass is 16.5. The second kappa shape index (κ2) is 6.07. The van der Waals surface area contributed by atoms with Gasteiger partial charge in [0.15, 0.2) is 0 Å². The third-order valence-corrected chi connectivity index (χ3v) is 8.29. The van der Waals surface area contributed by atoms with Crippen LogP contribution in [0, 0.1) is 28.6 Å². The molecule has 0 unspecified atom stereocenters. The van der Waals surface area contributed by atoms with E-state index >= 15 is 0 Å². The topological polar surface area (TPSA) is 43.4 Å². The number of allylic oxidation sites excluding steroid dienone is 3. The van der Waals surface area contributed by atoms with E-state index in [-0.39, 0.29) is 28.8 Å². The zero-order valence-electron chi connectivity index (χ0n) is 16.6. The molecule has 0 radical (unpaired) electrons. The Morgan fingerprint density at radius 3 is 2.46 bits per heavy atom. The van der Waals surface area contributed by atoms with E-state index in [1.807, 2.05) is 0 Å². The molecule has 142 valence electrons. The van der Waals surface area contributed by atoms with Crippen LogP contribution in [0.3, 0.4) is 0 Å². The number of Topliss-reactive ketones (excluding diaryl/α,β-unsaturated/α-hetero) is 1. The highest BCUT2D eigenvalue weighted by Gasteiger charge is 2.56. The summed E-state index contributed by atoms with van der Waals surface area (Å²) in [6, 6.07) is 0. The van der Waals surface area contributed by atoms with Crippen molar-refractivity contribution >= 4 is 11.8 Å². The summed E-state index contributed by atoms with van der Waals surface area (Å²) in [5.74, 6) is 1.66. The Bertz CT molecular complexity index is 702. The molecule has 0 amide bonds. The predicted octanol–water partition coefficient (Wildman–Crippen LogP) is 5.01.